The molecule has 5 heteroatoms. The molecule has 2 aromatic heterocycles. The number of benzene rings is 2. The molecule has 5 nitrogen and oxygen atoms in total. The molecule has 1 atom stereocenters. The molecule has 0 aliphatic rings. The van der Waals surface area contributed by atoms with Crippen molar-refractivity contribution in [2.24, 2.45) is 0 Å². The lowest BCUT2D eigenvalue weighted by atomic mass is 10.0. The molecule has 0 bridgehead atoms. The van der Waals surface area contributed by atoms with Crippen LogP contribution in [0.15, 0.2) is 73.6 Å². The van der Waals surface area contributed by atoms with Gasteiger partial charge in [-0.15, -0.1) is 6.58 Å². The number of fused-ring (bicyclic) bond motifs is 1. The molecule has 4 aromatic rings. The predicted octanol–water partition coefficient (Wildman–Crippen LogP) is 7.78. The molecule has 0 fully saturated rings. The zero-order valence-corrected chi connectivity index (χ0v) is 21.5. The molecule has 2 aromatic carbocycles. The lowest BCUT2D eigenvalue weighted by molar-refractivity contribution is 0.404. The fourth-order valence-corrected chi connectivity index (χ4v) is 4.37. The van der Waals surface area contributed by atoms with Crippen molar-refractivity contribution < 1.29 is 0 Å². The van der Waals surface area contributed by atoms with Gasteiger partial charge in [0.05, 0.1) is 11.4 Å². The third-order valence-electron chi connectivity index (χ3n) is 6.20. The van der Waals surface area contributed by atoms with Crippen LogP contribution in [0.2, 0.25) is 0 Å². The third kappa shape index (κ3) is 6.78. The molecule has 35 heavy (non-hydrogen) atoms. The van der Waals surface area contributed by atoms with Crippen LogP contribution in [0.25, 0.3) is 22.3 Å². The predicted molar refractivity (Wildman–Crippen MR) is 148 cm³/mol. The minimum absolute atomic E-state index is 0.315. The van der Waals surface area contributed by atoms with Gasteiger partial charge in [0.1, 0.15) is 17.8 Å². The van der Waals surface area contributed by atoms with E-state index in [0.29, 0.717) is 11.9 Å². The second-order valence-electron chi connectivity index (χ2n) is 8.93. The number of nitrogens with zero attached hydrogens (tertiary/aromatic N) is 4. The number of anilines is 1. The first kappa shape index (κ1) is 26.1. The number of unbranched alkanes of at least 4 members (excludes halogenated alkanes) is 3. The number of aromatic nitrogens is 4. The van der Waals surface area contributed by atoms with E-state index in [4.69, 9.17) is 10.8 Å². The van der Waals surface area contributed by atoms with Crippen molar-refractivity contribution in [3.8, 4) is 11.3 Å². The number of hydrogen-bond donors (Lipinski definition) is 1. The lowest BCUT2D eigenvalue weighted by Crippen LogP contribution is -2.11. The maximum absolute atomic E-state index is 6.32. The normalized spacial score (nSPS) is 11.6. The summed E-state index contributed by atoms with van der Waals surface area (Å²) in [4.78, 5) is 8.85. The van der Waals surface area contributed by atoms with Gasteiger partial charge < -0.3 is 5.73 Å². The molecule has 0 spiro atoms. The van der Waals surface area contributed by atoms with Crippen LogP contribution in [-0.4, -0.2) is 19.7 Å². The van der Waals surface area contributed by atoms with Gasteiger partial charge in [-0.2, -0.15) is 5.10 Å². The number of allylic oxidation sites excluding steroid dienone is 1. The molecule has 2 heterocycles. The summed E-state index contributed by atoms with van der Waals surface area (Å²) in [5.41, 5.74) is 11.7. The fourth-order valence-electron chi connectivity index (χ4n) is 4.37. The maximum atomic E-state index is 6.32. The van der Waals surface area contributed by atoms with Crippen LogP contribution in [0.3, 0.4) is 0 Å². The monoisotopic (exact) mass is 469 g/mol. The van der Waals surface area contributed by atoms with Crippen molar-refractivity contribution in [2.45, 2.75) is 71.8 Å². The summed E-state index contributed by atoms with van der Waals surface area (Å²) in [6, 6.07) is 19.5. The van der Waals surface area contributed by atoms with Gasteiger partial charge in [0.15, 0.2) is 5.65 Å². The van der Waals surface area contributed by atoms with Crippen LogP contribution in [-0.2, 0) is 6.42 Å². The molecule has 0 saturated carbocycles. The molecular formula is C30H39N5. The quantitative estimate of drug-likeness (QED) is 0.190. The Labute approximate surface area is 210 Å². The van der Waals surface area contributed by atoms with Gasteiger partial charge in [0.25, 0.3) is 0 Å². The summed E-state index contributed by atoms with van der Waals surface area (Å²) >= 11 is 0. The largest absolute Gasteiger partial charge is 0.383 e. The number of nitrogen functional groups attached to an aromatic ring is 1. The molecule has 184 valence electrons. The molecule has 0 saturated heterocycles. The van der Waals surface area contributed by atoms with E-state index in [1.54, 1.807) is 12.4 Å². The average Bonchev–Trinajstić information content (AvgIpc) is 3.27. The van der Waals surface area contributed by atoms with Crippen molar-refractivity contribution in [1.29, 1.82) is 0 Å². The molecule has 0 radical (unpaired) electrons. The summed E-state index contributed by atoms with van der Waals surface area (Å²) in [5, 5.41) is 5.90. The van der Waals surface area contributed by atoms with E-state index in [0.717, 1.165) is 41.6 Å². The van der Waals surface area contributed by atoms with Crippen molar-refractivity contribution in [1.82, 2.24) is 19.7 Å². The molecule has 0 amide bonds. The molecule has 4 rings (SSSR count). The van der Waals surface area contributed by atoms with E-state index in [-0.39, 0.29) is 0 Å². The minimum atomic E-state index is 0.315. The summed E-state index contributed by atoms with van der Waals surface area (Å²) in [6.07, 6.45) is 11.3. The first-order valence-electron chi connectivity index (χ1n) is 12.8. The Balaban J connectivity index is 0.00000108. The van der Waals surface area contributed by atoms with E-state index in [9.17, 15) is 0 Å². The summed E-state index contributed by atoms with van der Waals surface area (Å²) in [5.74, 6) is 0.491. The van der Waals surface area contributed by atoms with Crippen LogP contribution < -0.4 is 5.73 Å². The summed E-state index contributed by atoms with van der Waals surface area (Å²) in [7, 11) is 0. The molecule has 2 N–H and O–H groups in total. The highest BCUT2D eigenvalue weighted by Crippen LogP contribution is 2.33. The van der Waals surface area contributed by atoms with E-state index in [2.05, 4.69) is 83.6 Å². The molecular weight excluding hydrogens is 430 g/mol. The standard InChI is InChI=1S/C27H33N5.C3H6/c1-3-5-6-10-13-23(4-2)32-27-24(26(28)29-19-30-27)25(31-32)22-16-14-21(15-17-22)18-20-11-8-7-9-12-20;1-3-2/h7-9,11-12,14-17,19,23H,3-6,10,13,18H2,1-2H3,(H2,28,29,30);3H,1H2,2H3. The third-order valence-corrected chi connectivity index (χ3v) is 6.20. The van der Waals surface area contributed by atoms with Crippen LogP contribution in [0.4, 0.5) is 5.82 Å². The van der Waals surface area contributed by atoms with Crippen LogP contribution in [0, 0.1) is 0 Å². The van der Waals surface area contributed by atoms with Crippen molar-refractivity contribution in [2.75, 3.05) is 5.73 Å². The van der Waals surface area contributed by atoms with Gasteiger partial charge in [0, 0.05) is 5.56 Å². The first-order valence-corrected chi connectivity index (χ1v) is 12.8. The van der Waals surface area contributed by atoms with Crippen molar-refractivity contribution in [3.05, 3.63) is 84.7 Å². The number of nitrogens with two attached hydrogens (primary N) is 1. The van der Waals surface area contributed by atoms with Gasteiger partial charge in [-0.05, 0) is 37.3 Å². The van der Waals surface area contributed by atoms with Gasteiger partial charge in [-0.3, -0.25) is 0 Å². The summed E-state index contributed by atoms with van der Waals surface area (Å²) < 4.78 is 2.09. The van der Waals surface area contributed by atoms with Crippen molar-refractivity contribution >= 4 is 16.9 Å². The maximum Gasteiger partial charge on any atom is 0.164 e. The highest BCUT2D eigenvalue weighted by atomic mass is 15.3. The Morgan fingerprint density at radius 1 is 0.943 bits per heavy atom. The SMILES string of the molecule is C=CC.CCCCCCC(CC)n1nc(-c2ccc(Cc3ccccc3)cc2)c2c(N)ncnc21. The number of rotatable bonds is 10. The van der Waals surface area contributed by atoms with E-state index >= 15 is 0 Å². The van der Waals surface area contributed by atoms with Gasteiger partial charge in [0.2, 0.25) is 0 Å². The Hall–Kier alpha value is -3.47. The van der Waals surface area contributed by atoms with Crippen molar-refractivity contribution in [3.63, 3.8) is 0 Å². The lowest BCUT2D eigenvalue weighted by Gasteiger charge is -2.16. The van der Waals surface area contributed by atoms with Gasteiger partial charge in [-0.1, -0.05) is 100 Å². The Bertz CT molecular complexity index is 1180. The number of hydrogen-bond acceptors (Lipinski definition) is 4. The summed E-state index contributed by atoms with van der Waals surface area (Å²) in [6.45, 7) is 9.72. The second kappa shape index (κ2) is 13.4. The van der Waals surface area contributed by atoms with Gasteiger partial charge in [-0.25, -0.2) is 14.6 Å². The highest BCUT2D eigenvalue weighted by molar-refractivity contribution is 5.98. The Kier molecular flexibility index (Phi) is 10.0. The Morgan fingerprint density at radius 3 is 2.29 bits per heavy atom. The highest BCUT2D eigenvalue weighted by Gasteiger charge is 2.21. The molecule has 0 aliphatic carbocycles. The van der Waals surface area contributed by atoms with E-state index in [1.165, 1.54) is 36.8 Å². The zero-order valence-electron chi connectivity index (χ0n) is 21.5. The average molecular weight is 470 g/mol. The minimum Gasteiger partial charge on any atom is -0.383 e. The van der Waals surface area contributed by atoms with Gasteiger partial charge >= 0.3 is 0 Å². The smallest absolute Gasteiger partial charge is 0.164 e. The first-order chi connectivity index (χ1) is 17.1. The Morgan fingerprint density at radius 2 is 1.63 bits per heavy atom. The topological polar surface area (TPSA) is 69.6 Å². The van der Waals surface area contributed by atoms with E-state index in [1.807, 2.05) is 13.0 Å². The van der Waals surface area contributed by atoms with Crippen LogP contribution >= 0.6 is 0 Å². The van der Waals surface area contributed by atoms with Crippen LogP contribution in [0.1, 0.15) is 76.5 Å². The molecule has 0 aliphatic heterocycles. The van der Waals surface area contributed by atoms with Crippen LogP contribution in [0.5, 0.6) is 0 Å². The zero-order chi connectivity index (χ0) is 25.0. The second-order valence-corrected chi connectivity index (χ2v) is 8.93. The molecule has 1 unspecified atom stereocenters. The fraction of sp³-hybridized carbons (Fsp3) is 0.367. The van der Waals surface area contributed by atoms with E-state index < -0.39 is 0 Å².